The van der Waals surface area contributed by atoms with E-state index in [-0.39, 0.29) is 24.9 Å². The van der Waals surface area contributed by atoms with E-state index in [9.17, 15) is 9.59 Å². The molecule has 10 heteroatoms. The van der Waals surface area contributed by atoms with Crippen LogP contribution in [0.3, 0.4) is 0 Å². The minimum Gasteiger partial charge on any atom is -0.481 e. The molecule has 2 aliphatic heterocycles. The molecule has 4 heterocycles. The van der Waals surface area contributed by atoms with Crippen LogP contribution in [0.5, 0.6) is 0 Å². The lowest BCUT2D eigenvalue weighted by atomic mass is 10.0. The third kappa shape index (κ3) is 3.89. The summed E-state index contributed by atoms with van der Waals surface area (Å²) in [6.45, 7) is 5.46. The van der Waals surface area contributed by atoms with Crippen LogP contribution in [-0.2, 0) is 15.1 Å². The Morgan fingerprint density at radius 2 is 2.17 bits per heavy atom. The normalized spacial score (nSPS) is 18.5. The number of carboxylic acids is 1. The zero-order valence-corrected chi connectivity index (χ0v) is 18.3. The maximum Gasteiger partial charge on any atom is 0.305 e. The summed E-state index contributed by atoms with van der Waals surface area (Å²) in [5, 5.41) is 12.7. The molecule has 2 aromatic heterocycles. The van der Waals surface area contributed by atoms with E-state index in [1.54, 1.807) is 17.2 Å². The fourth-order valence-electron chi connectivity index (χ4n) is 3.87. The molecule has 2 aliphatic rings. The zero-order valence-electron chi connectivity index (χ0n) is 16.8. The summed E-state index contributed by atoms with van der Waals surface area (Å²) >= 11 is 7.85. The van der Waals surface area contributed by atoms with Crippen LogP contribution in [0.1, 0.15) is 48.3 Å². The van der Waals surface area contributed by atoms with E-state index in [4.69, 9.17) is 21.4 Å². The van der Waals surface area contributed by atoms with E-state index in [0.717, 1.165) is 22.6 Å². The van der Waals surface area contributed by atoms with Gasteiger partial charge in [-0.05, 0) is 32.8 Å². The summed E-state index contributed by atoms with van der Waals surface area (Å²) in [4.78, 5) is 36.1. The van der Waals surface area contributed by atoms with Crippen LogP contribution < -0.4 is 5.32 Å². The Hall–Kier alpha value is -2.23. The first kappa shape index (κ1) is 21.0. The highest BCUT2D eigenvalue weighted by molar-refractivity contribution is 7.16. The first-order valence-corrected chi connectivity index (χ1v) is 11.0. The van der Waals surface area contributed by atoms with Gasteiger partial charge in [0.05, 0.1) is 33.6 Å². The molecule has 0 bridgehead atoms. The van der Waals surface area contributed by atoms with Gasteiger partial charge in [0.15, 0.2) is 0 Å². The average molecular weight is 451 g/mol. The molecule has 1 amide bonds. The predicted octanol–water partition coefficient (Wildman–Crippen LogP) is 3.62. The Balaban J connectivity index is 1.61. The number of thiophene rings is 1. The fraction of sp³-hybridized carbons (Fsp3) is 0.500. The smallest absolute Gasteiger partial charge is 0.305 e. The number of anilines is 1. The van der Waals surface area contributed by atoms with E-state index in [1.165, 1.54) is 11.3 Å². The first-order valence-electron chi connectivity index (χ1n) is 9.82. The molecule has 0 unspecified atom stereocenters. The van der Waals surface area contributed by atoms with Crippen LogP contribution in [0.25, 0.3) is 10.6 Å². The molecule has 0 atom stereocenters. The third-order valence-electron chi connectivity index (χ3n) is 5.52. The van der Waals surface area contributed by atoms with Crippen molar-refractivity contribution in [2.24, 2.45) is 0 Å². The number of carbonyl (C=O) groups excluding carboxylic acids is 1. The number of aromatic nitrogens is 2. The van der Waals surface area contributed by atoms with Crippen LogP contribution in [0.2, 0.25) is 5.02 Å². The molecule has 8 nitrogen and oxygen atoms in total. The standard InChI is InChI=1S/C20H23ClN4O4S/c1-20(2)17-12(18(28)25(20)6-3-15(26)27)9-14(30-17)16-13(21)10-22-19(24-16)23-11-4-7-29-8-5-11/h9-11H,3-8H2,1-2H3,(H,26,27)(H,22,23,24). The summed E-state index contributed by atoms with van der Waals surface area (Å²) in [5.74, 6) is -0.583. The second-order valence-corrected chi connectivity index (χ2v) is 9.39. The van der Waals surface area contributed by atoms with E-state index in [0.29, 0.717) is 35.4 Å². The number of fused-ring (bicyclic) bond motifs is 1. The molecule has 2 N–H and O–H groups in total. The van der Waals surface area contributed by atoms with E-state index >= 15 is 0 Å². The van der Waals surface area contributed by atoms with Crippen LogP contribution >= 0.6 is 22.9 Å². The van der Waals surface area contributed by atoms with Gasteiger partial charge in [-0.1, -0.05) is 11.6 Å². The van der Waals surface area contributed by atoms with Crippen molar-refractivity contribution in [3.8, 4) is 10.6 Å². The van der Waals surface area contributed by atoms with Crippen molar-refractivity contribution in [1.29, 1.82) is 0 Å². The molecule has 4 rings (SSSR count). The maximum absolute atomic E-state index is 12.9. The predicted molar refractivity (Wildman–Crippen MR) is 114 cm³/mol. The second kappa shape index (κ2) is 8.13. The molecule has 0 aromatic carbocycles. The fourth-order valence-corrected chi connectivity index (χ4v) is 5.38. The van der Waals surface area contributed by atoms with Crippen molar-refractivity contribution in [1.82, 2.24) is 14.9 Å². The van der Waals surface area contributed by atoms with Crippen LogP contribution in [-0.4, -0.2) is 57.7 Å². The van der Waals surface area contributed by atoms with Gasteiger partial charge in [-0.2, -0.15) is 0 Å². The number of hydrogen-bond donors (Lipinski definition) is 2. The lowest BCUT2D eigenvalue weighted by molar-refractivity contribution is -0.137. The Bertz CT molecular complexity index is 987. The van der Waals surface area contributed by atoms with Gasteiger partial charge in [-0.15, -0.1) is 11.3 Å². The molecular weight excluding hydrogens is 428 g/mol. The van der Waals surface area contributed by atoms with Crippen LogP contribution in [0.4, 0.5) is 5.95 Å². The number of aliphatic carboxylic acids is 1. The second-order valence-electron chi connectivity index (χ2n) is 7.93. The highest BCUT2D eigenvalue weighted by Gasteiger charge is 2.45. The van der Waals surface area contributed by atoms with Gasteiger partial charge in [0.2, 0.25) is 5.95 Å². The Labute approximate surface area is 183 Å². The highest BCUT2D eigenvalue weighted by atomic mass is 35.5. The largest absolute Gasteiger partial charge is 0.481 e. The number of nitrogens with one attached hydrogen (secondary N) is 1. The minimum atomic E-state index is -0.924. The van der Waals surface area contributed by atoms with E-state index < -0.39 is 11.5 Å². The number of carbonyl (C=O) groups is 2. The molecule has 1 fully saturated rings. The highest BCUT2D eigenvalue weighted by Crippen LogP contribution is 2.46. The summed E-state index contributed by atoms with van der Waals surface area (Å²) in [6.07, 6.45) is 3.27. The molecular formula is C20H23ClN4O4S. The molecule has 0 saturated carbocycles. The van der Waals surface area contributed by atoms with E-state index in [1.807, 2.05) is 13.8 Å². The molecule has 0 aliphatic carbocycles. The number of rotatable bonds is 6. The van der Waals surface area contributed by atoms with Gasteiger partial charge in [-0.25, -0.2) is 9.97 Å². The van der Waals surface area contributed by atoms with Gasteiger partial charge in [0.25, 0.3) is 5.91 Å². The topological polar surface area (TPSA) is 105 Å². The number of ether oxygens (including phenoxy) is 1. The van der Waals surface area contributed by atoms with E-state index in [2.05, 4.69) is 15.3 Å². The third-order valence-corrected chi connectivity index (χ3v) is 7.25. The van der Waals surface area contributed by atoms with Gasteiger partial charge < -0.3 is 20.1 Å². The number of nitrogens with zero attached hydrogens (tertiary/aromatic N) is 3. The van der Waals surface area contributed by atoms with Gasteiger partial charge in [-0.3, -0.25) is 9.59 Å². The summed E-state index contributed by atoms with van der Waals surface area (Å²) in [5.41, 5.74) is 0.577. The molecule has 30 heavy (non-hydrogen) atoms. The number of amides is 1. The van der Waals surface area contributed by atoms with Crippen molar-refractivity contribution < 1.29 is 19.4 Å². The molecule has 0 radical (unpaired) electrons. The minimum absolute atomic E-state index is 0.0874. The van der Waals surface area contributed by atoms with Crippen molar-refractivity contribution >= 4 is 40.8 Å². The van der Waals surface area contributed by atoms with Gasteiger partial charge >= 0.3 is 5.97 Å². The maximum atomic E-state index is 12.9. The van der Waals surface area contributed by atoms with Gasteiger partial charge in [0.1, 0.15) is 5.69 Å². The quantitative estimate of drug-likeness (QED) is 0.692. The van der Waals surface area contributed by atoms with Crippen LogP contribution in [0.15, 0.2) is 12.3 Å². The monoisotopic (exact) mass is 450 g/mol. The Kier molecular flexibility index (Phi) is 5.69. The summed E-state index contributed by atoms with van der Waals surface area (Å²) in [6, 6.07) is 2.06. The van der Waals surface area contributed by atoms with Crippen LogP contribution in [0, 0.1) is 0 Å². The first-order chi connectivity index (χ1) is 14.3. The summed E-state index contributed by atoms with van der Waals surface area (Å²) in [7, 11) is 0. The SMILES string of the molecule is CC1(C)c2sc(-c3nc(NC4CCOCC4)ncc3Cl)cc2C(=O)N1CCC(=O)O. The van der Waals surface area contributed by atoms with Crippen molar-refractivity contribution in [2.45, 2.75) is 44.7 Å². The lowest BCUT2D eigenvalue weighted by Gasteiger charge is -2.31. The molecule has 160 valence electrons. The molecule has 0 spiro atoms. The summed E-state index contributed by atoms with van der Waals surface area (Å²) < 4.78 is 5.38. The molecule has 1 saturated heterocycles. The number of hydrogen-bond acceptors (Lipinski definition) is 7. The Morgan fingerprint density at radius 1 is 1.43 bits per heavy atom. The van der Waals surface area contributed by atoms with Gasteiger partial charge in [0, 0.05) is 30.7 Å². The lowest BCUT2D eigenvalue weighted by Crippen LogP contribution is -2.40. The average Bonchev–Trinajstić information content (AvgIpc) is 3.22. The Morgan fingerprint density at radius 3 is 2.83 bits per heavy atom. The zero-order chi connectivity index (χ0) is 21.5. The van der Waals surface area contributed by atoms with Crippen molar-refractivity contribution in [2.75, 3.05) is 25.1 Å². The number of halogens is 1. The molecule has 2 aromatic rings. The number of carboxylic acid groups (broad SMARTS) is 1. The van der Waals surface area contributed by atoms with Crippen molar-refractivity contribution in [3.63, 3.8) is 0 Å². The van der Waals surface area contributed by atoms with Crippen molar-refractivity contribution in [3.05, 3.63) is 27.7 Å².